The molecular weight excluding hydrogens is 201 g/mol. The topological polar surface area (TPSA) is 12.0 Å². The minimum atomic E-state index is -0.173. The highest BCUT2D eigenvalue weighted by Crippen LogP contribution is 2.15. The lowest BCUT2D eigenvalue weighted by Gasteiger charge is -2.21. The van der Waals surface area contributed by atoms with Crippen LogP contribution in [-0.4, -0.2) is 13.1 Å². The Labute approximate surface area is 96.4 Å². The van der Waals surface area contributed by atoms with Gasteiger partial charge in [0.05, 0.1) is 0 Å². The average Bonchev–Trinajstić information content (AvgIpc) is 2.33. The standard InChI is InChI=1S/C14H18FN/c15-14-8-6-12(7-9-14)3-1-4-13-5-2-10-16-11-13/h1,3,6-9,13,16H,2,4-5,10-11H2/b3-1+. The van der Waals surface area contributed by atoms with E-state index in [0.717, 1.165) is 31.0 Å². The number of halogens is 1. The third kappa shape index (κ3) is 3.46. The van der Waals surface area contributed by atoms with Gasteiger partial charge in [0, 0.05) is 0 Å². The Bertz CT molecular complexity index is 336. The van der Waals surface area contributed by atoms with Gasteiger partial charge in [-0.1, -0.05) is 24.3 Å². The van der Waals surface area contributed by atoms with Crippen molar-refractivity contribution in [3.8, 4) is 0 Å². The van der Waals surface area contributed by atoms with E-state index in [0.29, 0.717) is 0 Å². The molecule has 0 aliphatic carbocycles. The minimum absolute atomic E-state index is 0.173. The summed E-state index contributed by atoms with van der Waals surface area (Å²) in [5, 5.41) is 3.41. The van der Waals surface area contributed by atoms with Crippen molar-refractivity contribution >= 4 is 6.08 Å². The van der Waals surface area contributed by atoms with Gasteiger partial charge in [-0.05, 0) is 56.0 Å². The zero-order valence-electron chi connectivity index (χ0n) is 9.45. The summed E-state index contributed by atoms with van der Waals surface area (Å²) in [7, 11) is 0. The van der Waals surface area contributed by atoms with Gasteiger partial charge in [-0.3, -0.25) is 0 Å². The van der Waals surface area contributed by atoms with Crippen LogP contribution in [0.4, 0.5) is 4.39 Å². The van der Waals surface area contributed by atoms with E-state index in [-0.39, 0.29) is 5.82 Å². The van der Waals surface area contributed by atoms with Gasteiger partial charge in [-0.15, -0.1) is 0 Å². The van der Waals surface area contributed by atoms with Crippen molar-refractivity contribution in [3.63, 3.8) is 0 Å². The van der Waals surface area contributed by atoms with Crippen molar-refractivity contribution in [3.05, 3.63) is 41.7 Å². The molecule has 1 unspecified atom stereocenters. The number of hydrogen-bond acceptors (Lipinski definition) is 1. The summed E-state index contributed by atoms with van der Waals surface area (Å²) in [4.78, 5) is 0. The fraction of sp³-hybridized carbons (Fsp3) is 0.429. The van der Waals surface area contributed by atoms with E-state index in [1.54, 1.807) is 0 Å². The monoisotopic (exact) mass is 219 g/mol. The largest absolute Gasteiger partial charge is 0.316 e. The Kier molecular flexibility index (Phi) is 4.11. The van der Waals surface area contributed by atoms with Gasteiger partial charge >= 0.3 is 0 Å². The van der Waals surface area contributed by atoms with Crippen molar-refractivity contribution in [1.82, 2.24) is 5.32 Å². The van der Waals surface area contributed by atoms with Gasteiger partial charge in [-0.25, -0.2) is 4.39 Å². The van der Waals surface area contributed by atoms with Crippen LogP contribution >= 0.6 is 0 Å². The molecule has 16 heavy (non-hydrogen) atoms. The van der Waals surface area contributed by atoms with E-state index in [1.807, 2.05) is 12.1 Å². The van der Waals surface area contributed by atoms with Crippen LogP contribution in [0.2, 0.25) is 0 Å². The smallest absolute Gasteiger partial charge is 0.123 e. The first-order valence-electron chi connectivity index (χ1n) is 5.97. The summed E-state index contributed by atoms with van der Waals surface area (Å²) < 4.78 is 12.7. The van der Waals surface area contributed by atoms with Crippen molar-refractivity contribution in [2.45, 2.75) is 19.3 Å². The zero-order valence-corrected chi connectivity index (χ0v) is 9.45. The first-order chi connectivity index (χ1) is 7.84. The third-order valence-electron chi connectivity index (χ3n) is 3.05. The molecular formula is C14H18FN. The molecule has 1 N–H and O–H groups in total. The first-order valence-corrected chi connectivity index (χ1v) is 5.97. The van der Waals surface area contributed by atoms with E-state index in [1.165, 1.54) is 25.0 Å². The number of allylic oxidation sites excluding steroid dienone is 1. The van der Waals surface area contributed by atoms with Gasteiger partial charge in [-0.2, -0.15) is 0 Å². The van der Waals surface area contributed by atoms with E-state index in [9.17, 15) is 4.39 Å². The molecule has 1 aliphatic heterocycles. The van der Waals surface area contributed by atoms with Gasteiger partial charge < -0.3 is 5.32 Å². The molecule has 1 heterocycles. The molecule has 0 radical (unpaired) electrons. The van der Waals surface area contributed by atoms with Crippen molar-refractivity contribution in [2.24, 2.45) is 5.92 Å². The SMILES string of the molecule is Fc1ccc(/C=C/CC2CCCNC2)cc1. The van der Waals surface area contributed by atoms with Gasteiger partial charge in [0.1, 0.15) is 5.82 Å². The number of hydrogen-bond donors (Lipinski definition) is 1. The summed E-state index contributed by atoms with van der Waals surface area (Å²) >= 11 is 0. The molecule has 1 fully saturated rings. The van der Waals surface area contributed by atoms with Crippen LogP contribution in [0.5, 0.6) is 0 Å². The molecule has 0 saturated carbocycles. The van der Waals surface area contributed by atoms with Crippen LogP contribution in [0, 0.1) is 11.7 Å². The Balaban J connectivity index is 1.82. The van der Waals surface area contributed by atoms with Crippen molar-refractivity contribution in [1.29, 1.82) is 0 Å². The molecule has 1 aromatic rings. The molecule has 0 aromatic heterocycles. The third-order valence-corrected chi connectivity index (χ3v) is 3.05. The molecule has 2 heteroatoms. The second-order valence-corrected chi connectivity index (χ2v) is 4.40. The Morgan fingerprint density at radius 3 is 2.81 bits per heavy atom. The number of nitrogens with one attached hydrogen (secondary N) is 1. The maximum atomic E-state index is 12.7. The van der Waals surface area contributed by atoms with Crippen molar-refractivity contribution in [2.75, 3.05) is 13.1 Å². The van der Waals surface area contributed by atoms with Gasteiger partial charge in [0.15, 0.2) is 0 Å². The molecule has 1 nitrogen and oxygen atoms in total. The van der Waals surface area contributed by atoms with Crippen LogP contribution in [0.3, 0.4) is 0 Å². The Morgan fingerprint density at radius 2 is 2.12 bits per heavy atom. The van der Waals surface area contributed by atoms with Gasteiger partial charge in [0.2, 0.25) is 0 Å². The molecule has 1 aromatic carbocycles. The molecule has 0 amide bonds. The fourth-order valence-electron chi connectivity index (χ4n) is 2.10. The maximum absolute atomic E-state index is 12.7. The van der Waals surface area contributed by atoms with Crippen LogP contribution in [0.15, 0.2) is 30.3 Å². The van der Waals surface area contributed by atoms with Crippen molar-refractivity contribution < 1.29 is 4.39 Å². The van der Waals surface area contributed by atoms with Crippen LogP contribution in [-0.2, 0) is 0 Å². The molecule has 0 bridgehead atoms. The second-order valence-electron chi connectivity index (χ2n) is 4.40. The summed E-state index contributed by atoms with van der Waals surface area (Å²) in [5.41, 5.74) is 1.07. The predicted molar refractivity (Wildman–Crippen MR) is 65.6 cm³/mol. The van der Waals surface area contributed by atoms with E-state index >= 15 is 0 Å². The molecule has 2 rings (SSSR count). The van der Waals surface area contributed by atoms with E-state index < -0.39 is 0 Å². The lowest BCUT2D eigenvalue weighted by Crippen LogP contribution is -2.29. The minimum Gasteiger partial charge on any atom is -0.316 e. The fourth-order valence-corrected chi connectivity index (χ4v) is 2.10. The van der Waals surface area contributed by atoms with E-state index in [4.69, 9.17) is 0 Å². The second kappa shape index (κ2) is 5.80. The first kappa shape index (κ1) is 11.3. The Morgan fingerprint density at radius 1 is 1.31 bits per heavy atom. The summed E-state index contributed by atoms with van der Waals surface area (Å²) in [5.74, 6) is 0.596. The maximum Gasteiger partial charge on any atom is 0.123 e. The number of benzene rings is 1. The molecule has 86 valence electrons. The van der Waals surface area contributed by atoms with Crippen LogP contribution in [0.25, 0.3) is 6.08 Å². The molecule has 1 atom stereocenters. The number of piperidine rings is 1. The Hall–Kier alpha value is -1.15. The average molecular weight is 219 g/mol. The van der Waals surface area contributed by atoms with Crippen LogP contribution < -0.4 is 5.32 Å². The molecule has 0 spiro atoms. The summed E-state index contributed by atoms with van der Waals surface area (Å²) in [6, 6.07) is 6.62. The van der Waals surface area contributed by atoms with Crippen LogP contribution in [0.1, 0.15) is 24.8 Å². The normalized spacial score (nSPS) is 21.4. The number of rotatable bonds is 3. The van der Waals surface area contributed by atoms with Gasteiger partial charge in [0.25, 0.3) is 0 Å². The molecule has 1 aliphatic rings. The lowest BCUT2D eigenvalue weighted by molar-refractivity contribution is 0.381. The molecule has 1 saturated heterocycles. The summed E-state index contributed by atoms with van der Waals surface area (Å²) in [6.07, 6.45) is 8.00. The summed E-state index contributed by atoms with van der Waals surface area (Å²) in [6.45, 7) is 2.30. The quantitative estimate of drug-likeness (QED) is 0.823. The highest BCUT2D eigenvalue weighted by molar-refractivity contribution is 5.48. The lowest BCUT2D eigenvalue weighted by atomic mass is 9.96. The predicted octanol–water partition coefficient (Wildman–Crippen LogP) is 3.23. The highest BCUT2D eigenvalue weighted by Gasteiger charge is 2.10. The zero-order chi connectivity index (χ0) is 11.2. The van der Waals surface area contributed by atoms with E-state index in [2.05, 4.69) is 17.5 Å². The highest BCUT2D eigenvalue weighted by atomic mass is 19.1.